The van der Waals surface area contributed by atoms with E-state index in [2.05, 4.69) is 24.8 Å². The van der Waals surface area contributed by atoms with Gasteiger partial charge in [-0.2, -0.15) is 0 Å². The zero-order valence-electron chi connectivity index (χ0n) is 10.2. The average molecular weight is 222 g/mol. The maximum atomic E-state index is 6.14. The van der Waals surface area contributed by atoms with E-state index >= 15 is 0 Å². The summed E-state index contributed by atoms with van der Waals surface area (Å²) in [6.07, 6.45) is 4.03. The van der Waals surface area contributed by atoms with Crippen LogP contribution in [0.15, 0.2) is 22.8 Å². The molecule has 90 valence electrons. The molecule has 1 aliphatic rings. The Morgan fingerprint density at radius 1 is 1.62 bits per heavy atom. The van der Waals surface area contributed by atoms with Gasteiger partial charge in [0.15, 0.2) is 0 Å². The second-order valence-corrected chi connectivity index (χ2v) is 4.86. The van der Waals surface area contributed by atoms with Crippen molar-refractivity contribution in [2.24, 2.45) is 11.7 Å². The van der Waals surface area contributed by atoms with Gasteiger partial charge in [0.2, 0.25) is 0 Å². The Bertz CT molecular complexity index is 310. The third kappa shape index (κ3) is 2.30. The van der Waals surface area contributed by atoms with Crippen molar-refractivity contribution in [3.63, 3.8) is 0 Å². The van der Waals surface area contributed by atoms with Crippen LogP contribution in [0.2, 0.25) is 0 Å². The van der Waals surface area contributed by atoms with Gasteiger partial charge in [-0.1, -0.05) is 13.8 Å². The van der Waals surface area contributed by atoms with E-state index in [9.17, 15) is 0 Å². The number of nitrogens with zero attached hydrogens (tertiary/aromatic N) is 1. The molecule has 3 nitrogen and oxygen atoms in total. The number of hydrogen-bond donors (Lipinski definition) is 1. The number of hydrogen-bond acceptors (Lipinski definition) is 3. The Morgan fingerprint density at radius 2 is 2.44 bits per heavy atom. The van der Waals surface area contributed by atoms with Crippen LogP contribution in [-0.2, 0) is 0 Å². The van der Waals surface area contributed by atoms with Gasteiger partial charge in [-0.05, 0) is 37.4 Å². The van der Waals surface area contributed by atoms with E-state index in [1.54, 1.807) is 6.26 Å². The lowest BCUT2D eigenvalue weighted by Crippen LogP contribution is -2.48. The van der Waals surface area contributed by atoms with Gasteiger partial charge in [0.05, 0.1) is 12.3 Å². The third-order valence-corrected chi connectivity index (χ3v) is 3.75. The Morgan fingerprint density at radius 3 is 3.00 bits per heavy atom. The number of nitrogens with two attached hydrogens (primary N) is 1. The molecule has 2 N–H and O–H groups in total. The molecule has 3 heteroatoms. The Balaban J connectivity index is 2.05. The Labute approximate surface area is 97.6 Å². The highest BCUT2D eigenvalue weighted by Gasteiger charge is 2.29. The molecule has 1 aliphatic heterocycles. The summed E-state index contributed by atoms with van der Waals surface area (Å²) in [5.41, 5.74) is 6.14. The van der Waals surface area contributed by atoms with Gasteiger partial charge >= 0.3 is 0 Å². The maximum Gasteiger partial charge on any atom is 0.120 e. The van der Waals surface area contributed by atoms with E-state index in [0.29, 0.717) is 18.0 Å². The molecule has 2 heterocycles. The third-order valence-electron chi connectivity index (χ3n) is 3.75. The molecule has 0 bridgehead atoms. The molecule has 0 aromatic carbocycles. The molecule has 1 saturated heterocycles. The first-order valence-corrected chi connectivity index (χ1v) is 6.25. The highest BCUT2D eigenvalue weighted by molar-refractivity contribution is 5.05. The quantitative estimate of drug-likeness (QED) is 0.854. The monoisotopic (exact) mass is 222 g/mol. The molecule has 0 amide bonds. The number of furan rings is 1. The lowest BCUT2D eigenvalue weighted by molar-refractivity contribution is 0.105. The minimum atomic E-state index is 0.303. The van der Waals surface area contributed by atoms with Crippen molar-refractivity contribution in [3.8, 4) is 0 Å². The summed E-state index contributed by atoms with van der Waals surface area (Å²) >= 11 is 0. The minimum absolute atomic E-state index is 0.303. The predicted octanol–water partition coefficient (Wildman–Crippen LogP) is 2.40. The van der Waals surface area contributed by atoms with Gasteiger partial charge in [-0.3, -0.25) is 4.90 Å². The lowest BCUT2D eigenvalue weighted by Gasteiger charge is -2.38. The molecule has 0 saturated carbocycles. The fraction of sp³-hybridized carbons (Fsp3) is 0.692. The highest BCUT2D eigenvalue weighted by atomic mass is 16.3. The van der Waals surface area contributed by atoms with E-state index < -0.39 is 0 Å². The Kier molecular flexibility index (Phi) is 3.66. The predicted molar refractivity (Wildman–Crippen MR) is 65.1 cm³/mol. The zero-order chi connectivity index (χ0) is 11.5. The fourth-order valence-corrected chi connectivity index (χ4v) is 2.53. The smallest absolute Gasteiger partial charge is 0.120 e. The van der Waals surface area contributed by atoms with E-state index in [0.717, 1.165) is 25.3 Å². The largest absolute Gasteiger partial charge is 0.468 e. The summed E-state index contributed by atoms with van der Waals surface area (Å²) in [5, 5.41) is 0. The van der Waals surface area contributed by atoms with Gasteiger partial charge in [0.1, 0.15) is 5.76 Å². The highest BCUT2D eigenvalue weighted by Crippen LogP contribution is 2.28. The van der Waals surface area contributed by atoms with Crippen LogP contribution in [0, 0.1) is 5.92 Å². The topological polar surface area (TPSA) is 42.4 Å². The first-order valence-electron chi connectivity index (χ1n) is 6.25. The van der Waals surface area contributed by atoms with Gasteiger partial charge in [-0.25, -0.2) is 0 Å². The first kappa shape index (κ1) is 11.7. The molecule has 0 aliphatic carbocycles. The minimum Gasteiger partial charge on any atom is -0.468 e. The van der Waals surface area contributed by atoms with Crippen molar-refractivity contribution in [1.29, 1.82) is 0 Å². The van der Waals surface area contributed by atoms with Crippen LogP contribution in [0.4, 0.5) is 0 Å². The van der Waals surface area contributed by atoms with Gasteiger partial charge in [0.25, 0.3) is 0 Å². The Hall–Kier alpha value is -0.800. The maximum absolute atomic E-state index is 6.14. The summed E-state index contributed by atoms with van der Waals surface area (Å²) in [5.74, 6) is 1.72. The van der Waals surface area contributed by atoms with E-state index in [4.69, 9.17) is 10.2 Å². The van der Waals surface area contributed by atoms with Crippen LogP contribution in [0.5, 0.6) is 0 Å². The molecular formula is C13H22N2O. The fourth-order valence-electron chi connectivity index (χ4n) is 2.53. The normalized spacial score (nSPS) is 29.2. The van der Waals surface area contributed by atoms with Crippen molar-refractivity contribution < 1.29 is 4.42 Å². The van der Waals surface area contributed by atoms with E-state index in [1.165, 1.54) is 6.42 Å². The first-order chi connectivity index (χ1) is 7.72. The van der Waals surface area contributed by atoms with Crippen molar-refractivity contribution in [2.75, 3.05) is 13.1 Å². The van der Waals surface area contributed by atoms with Crippen LogP contribution in [-0.4, -0.2) is 24.0 Å². The van der Waals surface area contributed by atoms with Crippen molar-refractivity contribution >= 4 is 0 Å². The number of rotatable bonds is 3. The van der Waals surface area contributed by atoms with Crippen molar-refractivity contribution in [2.45, 2.75) is 38.8 Å². The van der Waals surface area contributed by atoms with Gasteiger partial charge in [0, 0.05) is 12.6 Å². The van der Waals surface area contributed by atoms with Crippen LogP contribution in [0.1, 0.15) is 38.5 Å². The summed E-state index contributed by atoms with van der Waals surface area (Å²) in [6, 6.07) is 4.73. The summed E-state index contributed by atoms with van der Waals surface area (Å²) < 4.78 is 5.52. The lowest BCUT2D eigenvalue weighted by atomic mass is 9.92. The van der Waals surface area contributed by atoms with E-state index in [-0.39, 0.29) is 0 Å². The van der Waals surface area contributed by atoms with Crippen molar-refractivity contribution in [3.05, 3.63) is 24.2 Å². The molecule has 1 aromatic heterocycles. The molecule has 3 atom stereocenters. The molecule has 1 aromatic rings. The summed E-state index contributed by atoms with van der Waals surface area (Å²) in [6.45, 7) is 6.57. The van der Waals surface area contributed by atoms with E-state index in [1.807, 2.05) is 6.07 Å². The molecule has 3 unspecified atom stereocenters. The van der Waals surface area contributed by atoms with Gasteiger partial charge in [-0.15, -0.1) is 0 Å². The molecule has 16 heavy (non-hydrogen) atoms. The van der Waals surface area contributed by atoms with Crippen LogP contribution in [0.25, 0.3) is 0 Å². The average Bonchev–Trinajstić information content (AvgIpc) is 2.78. The second-order valence-electron chi connectivity index (χ2n) is 4.86. The second kappa shape index (κ2) is 5.02. The number of likely N-dealkylation sites (tertiary alicyclic amines) is 1. The molecule has 2 rings (SSSR count). The zero-order valence-corrected chi connectivity index (χ0v) is 10.2. The van der Waals surface area contributed by atoms with Crippen molar-refractivity contribution in [1.82, 2.24) is 4.90 Å². The summed E-state index contributed by atoms with van der Waals surface area (Å²) in [4.78, 5) is 2.46. The SMILES string of the molecule is CCC(c1ccco1)N1CCC(C)C(N)C1. The summed E-state index contributed by atoms with van der Waals surface area (Å²) in [7, 11) is 0. The van der Waals surface area contributed by atoms with Crippen LogP contribution < -0.4 is 5.73 Å². The van der Waals surface area contributed by atoms with Crippen LogP contribution in [0.3, 0.4) is 0 Å². The van der Waals surface area contributed by atoms with Crippen LogP contribution >= 0.6 is 0 Å². The molecular weight excluding hydrogens is 200 g/mol. The molecule has 1 fully saturated rings. The van der Waals surface area contributed by atoms with Gasteiger partial charge < -0.3 is 10.2 Å². The number of piperidine rings is 1. The molecule has 0 spiro atoms. The standard InChI is InChI=1S/C13H22N2O/c1-3-12(13-5-4-8-16-13)15-7-6-10(2)11(14)9-15/h4-5,8,10-12H,3,6-7,9,14H2,1-2H3. The molecule has 0 radical (unpaired) electrons.